The van der Waals surface area contributed by atoms with Gasteiger partial charge in [0.2, 0.25) is 5.95 Å². The summed E-state index contributed by atoms with van der Waals surface area (Å²) in [7, 11) is 1.25. The predicted molar refractivity (Wildman–Crippen MR) is 150 cm³/mol. The van der Waals surface area contributed by atoms with Gasteiger partial charge in [-0.05, 0) is 62.4 Å². The number of halogens is 3. The monoisotopic (exact) mass is 580 g/mol. The summed E-state index contributed by atoms with van der Waals surface area (Å²) in [4.78, 5) is 33.7. The highest BCUT2D eigenvalue weighted by Gasteiger charge is 2.35. The second-order valence-electron chi connectivity index (χ2n) is 10.8. The lowest BCUT2D eigenvalue weighted by Gasteiger charge is -2.24. The third-order valence-electron chi connectivity index (χ3n) is 6.47. The second-order valence-corrected chi connectivity index (χ2v) is 10.8. The van der Waals surface area contributed by atoms with Gasteiger partial charge < -0.3 is 19.7 Å². The summed E-state index contributed by atoms with van der Waals surface area (Å²) < 4.78 is 51.3. The Morgan fingerprint density at radius 1 is 1.07 bits per heavy atom. The molecule has 1 aliphatic rings. The maximum absolute atomic E-state index is 13.7. The van der Waals surface area contributed by atoms with Crippen molar-refractivity contribution in [3.63, 3.8) is 0 Å². The van der Waals surface area contributed by atoms with Crippen LogP contribution in [0.3, 0.4) is 0 Å². The zero-order valence-corrected chi connectivity index (χ0v) is 23.7. The summed E-state index contributed by atoms with van der Waals surface area (Å²) in [5.74, 6) is 4.81. The normalized spacial score (nSPS) is 15.0. The van der Waals surface area contributed by atoms with E-state index in [9.17, 15) is 22.8 Å². The third kappa shape index (κ3) is 8.00. The van der Waals surface area contributed by atoms with E-state index in [1.807, 2.05) is 32.9 Å². The molecule has 11 heteroatoms. The standard InChI is InChI=1S/C31H31F3N4O4/c1-30(2,3)42-29(40)38-16-15-23(19-38)21-9-12-24(13-10-21)36-28-35-18-25(31(32,33)34)26(37-28)14-11-20-7-5-6-8-22(20)17-27(39)41-4/h5-10,12-13,18,23H,15-17,19H2,1-4H3,(H,35,36,37). The highest BCUT2D eigenvalue weighted by molar-refractivity contribution is 5.73. The molecule has 1 amide bonds. The zero-order valence-electron chi connectivity index (χ0n) is 23.7. The van der Waals surface area contributed by atoms with Crippen molar-refractivity contribution in [1.29, 1.82) is 0 Å². The molecule has 1 atom stereocenters. The number of anilines is 2. The Hall–Kier alpha value is -4.59. The predicted octanol–water partition coefficient (Wildman–Crippen LogP) is 6.08. The van der Waals surface area contributed by atoms with Crippen LogP contribution in [-0.2, 0) is 26.9 Å². The van der Waals surface area contributed by atoms with Crippen LogP contribution in [0.4, 0.5) is 29.6 Å². The van der Waals surface area contributed by atoms with Crippen LogP contribution >= 0.6 is 0 Å². The molecule has 2 aromatic carbocycles. The first kappa shape index (κ1) is 30.4. The molecule has 1 fully saturated rings. The summed E-state index contributed by atoms with van der Waals surface area (Å²) in [6, 6.07) is 14.0. The van der Waals surface area contributed by atoms with Gasteiger partial charge in [0.25, 0.3) is 0 Å². The van der Waals surface area contributed by atoms with E-state index in [1.165, 1.54) is 7.11 Å². The molecule has 0 radical (unpaired) electrons. The molecule has 1 N–H and O–H groups in total. The number of ether oxygens (including phenoxy) is 2. The molecule has 8 nitrogen and oxygen atoms in total. The first-order chi connectivity index (χ1) is 19.8. The third-order valence-corrected chi connectivity index (χ3v) is 6.47. The zero-order chi connectivity index (χ0) is 30.5. The van der Waals surface area contributed by atoms with Crippen molar-refractivity contribution in [3.05, 3.63) is 82.7 Å². The van der Waals surface area contributed by atoms with Gasteiger partial charge in [0, 0.05) is 36.5 Å². The Bertz CT molecular complexity index is 1510. The average Bonchev–Trinajstić information content (AvgIpc) is 3.42. The highest BCUT2D eigenvalue weighted by Crippen LogP contribution is 2.32. The van der Waals surface area contributed by atoms with E-state index in [2.05, 4.69) is 31.9 Å². The van der Waals surface area contributed by atoms with E-state index >= 15 is 0 Å². The van der Waals surface area contributed by atoms with Crippen LogP contribution in [0.5, 0.6) is 0 Å². The molecule has 220 valence electrons. The molecule has 2 heterocycles. The molecule has 0 aliphatic carbocycles. The molecule has 3 aromatic rings. The number of hydrogen-bond donors (Lipinski definition) is 1. The summed E-state index contributed by atoms with van der Waals surface area (Å²) in [6.07, 6.45) is -3.64. The maximum atomic E-state index is 13.7. The Balaban J connectivity index is 1.51. The van der Waals surface area contributed by atoms with Crippen LogP contribution in [-0.4, -0.2) is 52.7 Å². The van der Waals surface area contributed by atoms with Gasteiger partial charge in [-0.15, -0.1) is 0 Å². The fraction of sp³-hybridized carbons (Fsp3) is 0.355. The summed E-state index contributed by atoms with van der Waals surface area (Å²) >= 11 is 0. The van der Waals surface area contributed by atoms with E-state index in [1.54, 1.807) is 41.3 Å². The lowest BCUT2D eigenvalue weighted by molar-refractivity contribution is -0.140. The first-order valence-electron chi connectivity index (χ1n) is 13.3. The van der Waals surface area contributed by atoms with Gasteiger partial charge in [0.1, 0.15) is 16.9 Å². The minimum Gasteiger partial charge on any atom is -0.469 e. The van der Waals surface area contributed by atoms with Crippen molar-refractivity contribution in [2.45, 2.75) is 51.3 Å². The molecular weight excluding hydrogens is 549 g/mol. The number of nitrogens with zero attached hydrogens (tertiary/aromatic N) is 3. The van der Waals surface area contributed by atoms with Crippen LogP contribution in [0.2, 0.25) is 0 Å². The van der Waals surface area contributed by atoms with E-state index < -0.39 is 29.0 Å². The van der Waals surface area contributed by atoms with E-state index in [0.717, 1.165) is 12.0 Å². The Kier molecular flexibility index (Phi) is 9.05. The van der Waals surface area contributed by atoms with Gasteiger partial charge in [-0.25, -0.2) is 14.8 Å². The van der Waals surface area contributed by atoms with Gasteiger partial charge in [0.15, 0.2) is 0 Å². The fourth-order valence-corrected chi connectivity index (χ4v) is 4.39. The molecule has 1 aromatic heterocycles. The number of carbonyl (C=O) groups is 2. The van der Waals surface area contributed by atoms with Gasteiger partial charge in [0.05, 0.1) is 13.5 Å². The molecule has 1 aliphatic heterocycles. The van der Waals surface area contributed by atoms with Gasteiger partial charge in [-0.1, -0.05) is 36.3 Å². The number of rotatable bonds is 5. The number of alkyl halides is 3. The number of amides is 1. The smallest absolute Gasteiger partial charge is 0.420 e. The van der Waals surface area contributed by atoms with E-state index in [-0.39, 0.29) is 24.4 Å². The Labute approximate surface area is 242 Å². The van der Waals surface area contributed by atoms with Gasteiger partial charge >= 0.3 is 18.2 Å². The van der Waals surface area contributed by atoms with Crippen LogP contribution in [0, 0.1) is 11.8 Å². The van der Waals surface area contributed by atoms with Gasteiger partial charge in [-0.3, -0.25) is 4.79 Å². The number of likely N-dealkylation sites (tertiary alicyclic amines) is 1. The highest BCUT2D eigenvalue weighted by atomic mass is 19.4. The molecule has 1 unspecified atom stereocenters. The lowest BCUT2D eigenvalue weighted by atomic mass is 9.98. The quantitative estimate of drug-likeness (QED) is 0.289. The summed E-state index contributed by atoms with van der Waals surface area (Å²) in [6.45, 7) is 6.61. The van der Waals surface area contributed by atoms with E-state index in [4.69, 9.17) is 4.74 Å². The number of esters is 1. The van der Waals surface area contributed by atoms with Crippen LogP contribution in [0.25, 0.3) is 0 Å². The molecular formula is C31H31F3N4O4. The average molecular weight is 581 g/mol. The van der Waals surface area contributed by atoms with E-state index in [0.29, 0.717) is 36.1 Å². The maximum Gasteiger partial charge on any atom is 0.420 e. The molecule has 0 bridgehead atoms. The minimum absolute atomic E-state index is 0.0557. The number of aromatic nitrogens is 2. The summed E-state index contributed by atoms with van der Waals surface area (Å²) in [5.41, 5.74) is 0.365. The largest absolute Gasteiger partial charge is 0.469 e. The van der Waals surface area contributed by atoms with Gasteiger partial charge in [-0.2, -0.15) is 13.2 Å². The van der Waals surface area contributed by atoms with Crippen LogP contribution in [0.1, 0.15) is 61.1 Å². The SMILES string of the molecule is COC(=O)Cc1ccccc1C#Cc1nc(Nc2ccc(C3CCN(C(=O)OC(C)(C)C)C3)cc2)ncc1C(F)(F)F. The molecule has 4 rings (SSSR count). The van der Waals surface area contributed by atoms with Crippen molar-refractivity contribution in [3.8, 4) is 11.8 Å². The van der Waals surface area contributed by atoms with Crippen LogP contribution < -0.4 is 5.32 Å². The van der Waals surface area contributed by atoms with Crippen molar-refractivity contribution in [1.82, 2.24) is 14.9 Å². The lowest BCUT2D eigenvalue weighted by Crippen LogP contribution is -2.35. The Morgan fingerprint density at radius 3 is 2.45 bits per heavy atom. The number of nitrogens with one attached hydrogen (secondary N) is 1. The van der Waals surface area contributed by atoms with Crippen molar-refractivity contribution < 1.29 is 32.2 Å². The fourth-order valence-electron chi connectivity index (χ4n) is 4.39. The number of carbonyl (C=O) groups excluding carboxylic acids is 2. The molecule has 1 saturated heterocycles. The topological polar surface area (TPSA) is 93.7 Å². The van der Waals surface area contributed by atoms with Crippen molar-refractivity contribution >= 4 is 23.7 Å². The van der Waals surface area contributed by atoms with Crippen molar-refractivity contribution in [2.24, 2.45) is 0 Å². The number of methoxy groups -OCH3 is 1. The summed E-state index contributed by atoms with van der Waals surface area (Å²) in [5, 5.41) is 2.93. The first-order valence-corrected chi connectivity index (χ1v) is 13.3. The second kappa shape index (κ2) is 12.5. The minimum atomic E-state index is -4.72. The van der Waals surface area contributed by atoms with Crippen molar-refractivity contribution in [2.75, 3.05) is 25.5 Å². The molecule has 0 saturated carbocycles. The van der Waals surface area contributed by atoms with Crippen LogP contribution in [0.15, 0.2) is 54.7 Å². The Morgan fingerprint density at radius 2 is 1.79 bits per heavy atom. The number of benzene rings is 2. The molecule has 0 spiro atoms. The number of hydrogen-bond acceptors (Lipinski definition) is 7. The molecule has 42 heavy (non-hydrogen) atoms.